The molecule has 0 saturated carbocycles. The first-order valence-electron chi connectivity index (χ1n) is 8.59. The number of amides is 1. The third-order valence-corrected chi connectivity index (χ3v) is 4.32. The van der Waals surface area contributed by atoms with Crippen LogP contribution in [0.1, 0.15) is 19.4 Å². The summed E-state index contributed by atoms with van der Waals surface area (Å²) in [5.74, 6) is -0.730. The van der Waals surface area contributed by atoms with E-state index in [4.69, 9.17) is 4.74 Å². The number of carbonyl (C=O) groups excluding carboxylic acids is 2. The second kappa shape index (κ2) is 7.04. The summed E-state index contributed by atoms with van der Waals surface area (Å²) < 4.78 is 5.24. The van der Waals surface area contributed by atoms with Crippen LogP contribution in [0.25, 0.3) is 0 Å². The fourth-order valence-corrected chi connectivity index (χ4v) is 3.10. The summed E-state index contributed by atoms with van der Waals surface area (Å²) in [6.45, 7) is 5.68. The molecule has 0 aliphatic carbocycles. The fourth-order valence-electron chi connectivity index (χ4n) is 3.10. The van der Waals surface area contributed by atoms with Crippen molar-refractivity contribution in [3.05, 3.63) is 71.9 Å². The summed E-state index contributed by atoms with van der Waals surface area (Å²) >= 11 is 0. The normalized spacial score (nSPS) is 19.3. The number of rotatable bonds is 5. The summed E-state index contributed by atoms with van der Waals surface area (Å²) in [7, 11) is 0. The predicted octanol–water partition coefficient (Wildman–Crippen LogP) is 3.66. The fraction of sp³-hybridized carbons (Fsp3) is 0.238. The van der Waals surface area contributed by atoms with Crippen molar-refractivity contribution in [1.29, 1.82) is 0 Å². The SMILES string of the molecule is CCOC(=O)[C@@]1(C)C=C(Nc2cccc(C)c2)C(=O)N1c1ccccc1. The maximum Gasteiger partial charge on any atom is 0.336 e. The number of esters is 1. The second-order valence-corrected chi connectivity index (χ2v) is 6.40. The van der Waals surface area contributed by atoms with Gasteiger partial charge in [0.1, 0.15) is 5.70 Å². The zero-order valence-electron chi connectivity index (χ0n) is 15.2. The van der Waals surface area contributed by atoms with Gasteiger partial charge in [-0.05, 0) is 56.7 Å². The second-order valence-electron chi connectivity index (χ2n) is 6.40. The van der Waals surface area contributed by atoms with E-state index in [9.17, 15) is 9.59 Å². The van der Waals surface area contributed by atoms with Crippen molar-refractivity contribution in [2.45, 2.75) is 26.3 Å². The van der Waals surface area contributed by atoms with Crippen LogP contribution in [0.15, 0.2) is 66.4 Å². The molecule has 3 rings (SSSR count). The van der Waals surface area contributed by atoms with E-state index >= 15 is 0 Å². The molecule has 0 fully saturated rings. The van der Waals surface area contributed by atoms with E-state index in [2.05, 4.69) is 5.32 Å². The zero-order chi connectivity index (χ0) is 18.7. The van der Waals surface area contributed by atoms with Gasteiger partial charge in [-0.3, -0.25) is 9.69 Å². The highest BCUT2D eigenvalue weighted by molar-refractivity contribution is 6.16. The van der Waals surface area contributed by atoms with Gasteiger partial charge in [0.2, 0.25) is 0 Å². The van der Waals surface area contributed by atoms with Crippen molar-refractivity contribution in [2.75, 3.05) is 16.8 Å². The van der Waals surface area contributed by atoms with Crippen LogP contribution < -0.4 is 10.2 Å². The molecule has 0 bridgehead atoms. The lowest BCUT2D eigenvalue weighted by molar-refractivity contribution is -0.147. The van der Waals surface area contributed by atoms with Gasteiger partial charge in [0.25, 0.3) is 5.91 Å². The average molecular weight is 350 g/mol. The molecular formula is C21H22N2O3. The van der Waals surface area contributed by atoms with Gasteiger partial charge in [0, 0.05) is 11.4 Å². The lowest BCUT2D eigenvalue weighted by atomic mass is 10.0. The standard InChI is InChI=1S/C21H22N2O3/c1-4-26-20(25)21(3)14-18(22-16-10-8-9-15(2)13-16)19(24)23(21)17-11-6-5-7-12-17/h5-14,22H,4H2,1-3H3/t21-/m1/s1. The Morgan fingerprint density at radius 2 is 1.88 bits per heavy atom. The lowest BCUT2D eigenvalue weighted by Gasteiger charge is -2.32. The summed E-state index contributed by atoms with van der Waals surface area (Å²) in [6, 6.07) is 16.9. The predicted molar refractivity (Wildman–Crippen MR) is 102 cm³/mol. The van der Waals surface area contributed by atoms with Gasteiger partial charge in [-0.25, -0.2) is 4.79 Å². The molecule has 134 valence electrons. The summed E-state index contributed by atoms with van der Waals surface area (Å²) in [4.78, 5) is 27.2. The maximum atomic E-state index is 13.1. The number of nitrogens with zero attached hydrogens (tertiary/aromatic N) is 1. The highest BCUT2D eigenvalue weighted by Crippen LogP contribution is 2.35. The van der Waals surface area contributed by atoms with Crippen molar-refractivity contribution >= 4 is 23.3 Å². The molecule has 5 nitrogen and oxygen atoms in total. The van der Waals surface area contributed by atoms with E-state index in [1.807, 2.05) is 49.4 Å². The van der Waals surface area contributed by atoms with E-state index in [-0.39, 0.29) is 12.5 Å². The highest BCUT2D eigenvalue weighted by atomic mass is 16.5. The third-order valence-electron chi connectivity index (χ3n) is 4.32. The number of hydrogen-bond donors (Lipinski definition) is 1. The molecule has 1 aliphatic heterocycles. The van der Waals surface area contributed by atoms with Gasteiger partial charge in [-0.2, -0.15) is 0 Å². The molecule has 1 aliphatic rings. The van der Waals surface area contributed by atoms with Crippen LogP contribution in [0.2, 0.25) is 0 Å². The Morgan fingerprint density at radius 3 is 2.54 bits per heavy atom. The minimum Gasteiger partial charge on any atom is -0.464 e. The van der Waals surface area contributed by atoms with Crippen molar-refractivity contribution in [3.8, 4) is 0 Å². The van der Waals surface area contributed by atoms with Crippen LogP contribution in [0, 0.1) is 6.92 Å². The molecule has 0 spiro atoms. The quantitative estimate of drug-likeness (QED) is 0.836. The third kappa shape index (κ3) is 3.20. The zero-order valence-corrected chi connectivity index (χ0v) is 15.2. The minimum absolute atomic E-state index is 0.250. The maximum absolute atomic E-state index is 13.1. The van der Waals surface area contributed by atoms with Crippen LogP contribution >= 0.6 is 0 Å². The summed E-state index contributed by atoms with van der Waals surface area (Å²) in [5.41, 5.74) is 1.67. The molecule has 1 amide bonds. The van der Waals surface area contributed by atoms with Gasteiger partial charge in [0.15, 0.2) is 5.54 Å². The highest BCUT2D eigenvalue weighted by Gasteiger charge is 2.49. The Balaban J connectivity index is 2.00. The Kier molecular flexibility index (Phi) is 4.80. The van der Waals surface area contributed by atoms with Crippen molar-refractivity contribution in [3.63, 3.8) is 0 Å². The molecule has 1 heterocycles. The van der Waals surface area contributed by atoms with Crippen LogP contribution in [-0.4, -0.2) is 24.0 Å². The van der Waals surface area contributed by atoms with Crippen molar-refractivity contribution in [2.24, 2.45) is 0 Å². The number of aryl methyl sites for hydroxylation is 1. The molecule has 0 aromatic heterocycles. The Labute approximate surface area is 153 Å². The Morgan fingerprint density at radius 1 is 1.15 bits per heavy atom. The van der Waals surface area contributed by atoms with Crippen LogP contribution in [0.4, 0.5) is 11.4 Å². The van der Waals surface area contributed by atoms with E-state index in [1.54, 1.807) is 32.1 Å². The van der Waals surface area contributed by atoms with Gasteiger partial charge in [-0.15, -0.1) is 0 Å². The lowest BCUT2D eigenvalue weighted by Crippen LogP contribution is -2.51. The summed E-state index contributed by atoms with van der Waals surface area (Å²) in [5, 5.41) is 3.15. The van der Waals surface area contributed by atoms with E-state index in [0.717, 1.165) is 11.3 Å². The van der Waals surface area contributed by atoms with Crippen molar-refractivity contribution in [1.82, 2.24) is 0 Å². The van der Waals surface area contributed by atoms with Gasteiger partial charge >= 0.3 is 5.97 Å². The number of carbonyl (C=O) groups is 2. The topological polar surface area (TPSA) is 58.6 Å². The van der Waals surface area contributed by atoms with Crippen LogP contribution in [0.3, 0.4) is 0 Å². The smallest absolute Gasteiger partial charge is 0.336 e. The van der Waals surface area contributed by atoms with Gasteiger partial charge < -0.3 is 10.1 Å². The molecule has 0 saturated heterocycles. The largest absolute Gasteiger partial charge is 0.464 e. The number of benzene rings is 2. The number of hydrogen-bond acceptors (Lipinski definition) is 4. The molecule has 5 heteroatoms. The number of anilines is 2. The average Bonchev–Trinajstić information content (AvgIpc) is 2.87. The Bertz CT molecular complexity index is 861. The van der Waals surface area contributed by atoms with Gasteiger partial charge in [-0.1, -0.05) is 30.3 Å². The van der Waals surface area contributed by atoms with E-state index in [1.165, 1.54) is 4.90 Å². The molecule has 0 unspecified atom stereocenters. The molecule has 26 heavy (non-hydrogen) atoms. The molecule has 0 radical (unpaired) electrons. The first kappa shape index (κ1) is 17.7. The Hall–Kier alpha value is -3.08. The molecule has 1 N–H and O–H groups in total. The number of para-hydroxylation sites is 1. The summed E-state index contributed by atoms with van der Waals surface area (Å²) in [6.07, 6.45) is 1.64. The van der Waals surface area contributed by atoms with Crippen LogP contribution in [-0.2, 0) is 14.3 Å². The van der Waals surface area contributed by atoms with Crippen molar-refractivity contribution < 1.29 is 14.3 Å². The molecule has 2 aromatic rings. The number of ether oxygens (including phenoxy) is 1. The molecule has 2 aromatic carbocycles. The monoisotopic (exact) mass is 350 g/mol. The number of nitrogens with one attached hydrogen (secondary N) is 1. The van der Waals surface area contributed by atoms with Crippen LogP contribution in [0.5, 0.6) is 0 Å². The molecular weight excluding hydrogens is 328 g/mol. The molecule has 1 atom stereocenters. The van der Waals surface area contributed by atoms with E-state index < -0.39 is 11.5 Å². The first-order chi connectivity index (χ1) is 12.5. The van der Waals surface area contributed by atoms with E-state index in [0.29, 0.717) is 11.4 Å². The first-order valence-corrected chi connectivity index (χ1v) is 8.59. The minimum atomic E-state index is -1.21. The van der Waals surface area contributed by atoms with Gasteiger partial charge in [0.05, 0.1) is 6.61 Å².